The second kappa shape index (κ2) is 7.63. The van der Waals surface area contributed by atoms with E-state index in [0.717, 1.165) is 0 Å². The highest BCUT2D eigenvalue weighted by Crippen LogP contribution is 2.57. The Morgan fingerprint density at radius 2 is 0.828 bits per heavy atom. The van der Waals surface area contributed by atoms with Crippen LogP contribution in [0.5, 0.6) is 0 Å². The van der Waals surface area contributed by atoms with Gasteiger partial charge in [0, 0.05) is 0 Å². The summed E-state index contributed by atoms with van der Waals surface area (Å²) in [6, 6.07) is -20.4. The van der Waals surface area contributed by atoms with Gasteiger partial charge in [-0.05, 0) is 0 Å². The van der Waals surface area contributed by atoms with Gasteiger partial charge < -0.3 is 0 Å². The lowest BCUT2D eigenvalue weighted by Gasteiger charge is -2.45. The molecule has 0 aliphatic heterocycles. The van der Waals surface area contributed by atoms with E-state index in [9.17, 15) is 79.4 Å². The lowest BCUT2D eigenvalue weighted by molar-refractivity contribution is -0.425. The summed E-state index contributed by atoms with van der Waals surface area (Å²) in [5.74, 6) is -25.8. The minimum absolute atomic E-state index is 4.49. The van der Waals surface area contributed by atoms with Crippen LogP contribution >= 0.6 is 0 Å². The molecule has 0 fully saturated rings. The molecule has 0 aromatic heterocycles. The third-order valence-corrected chi connectivity index (χ3v) is 2.77. The van der Waals surface area contributed by atoms with Crippen molar-refractivity contribution in [3.05, 3.63) is 23.8 Å². The van der Waals surface area contributed by atoms with Crippen LogP contribution in [-0.2, 0) is 4.79 Å². The molecule has 0 heterocycles. The minimum Gasteiger partial charge on any atom is -0.254 e. The van der Waals surface area contributed by atoms with E-state index in [-0.39, 0.29) is 0 Å². The summed E-state index contributed by atoms with van der Waals surface area (Å²) in [4.78, 5) is 5.45. The number of hydrogen-bond donors (Lipinski definition) is 0. The third-order valence-electron chi connectivity index (χ3n) is 2.77. The van der Waals surface area contributed by atoms with Gasteiger partial charge in [0.2, 0.25) is 0 Å². The molecule has 1 unspecified atom stereocenters. The first-order valence-electron chi connectivity index (χ1n) is 5.84. The highest BCUT2D eigenvalue weighted by atomic mass is 19.4. The van der Waals surface area contributed by atoms with Crippen LogP contribution < -0.4 is 0 Å². The maximum absolute atomic E-state index is 14.0. The topological polar surface area (TPSA) is 20.3 Å². The summed E-state index contributed by atoms with van der Waals surface area (Å²) in [6.45, 7) is 0. The van der Waals surface area contributed by atoms with Crippen LogP contribution in [0.1, 0.15) is 0 Å². The number of hydrogen-bond acceptors (Lipinski definition) is 2. The van der Waals surface area contributed by atoms with E-state index in [2.05, 4.69) is 0 Å². The molecule has 0 saturated carbocycles. The van der Waals surface area contributed by atoms with Crippen LogP contribution in [0.3, 0.4) is 0 Å². The summed E-state index contributed by atoms with van der Waals surface area (Å²) in [5.41, 5.74) is 0. The van der Waals surface area contributed by atoms with Crippen LogP contribution in [0, 0.1) is 0 Å². The summed E-state index contributed by atoms with van der Waals surface area (Å²) in [6.07, 6.45) is -17.3. The normalized spacial score (nSPS) is 15.8. The molecule has 2 nitrogen and oxygen atoms in total. The Kier molecular flexibility index (Phi) is 7.09. The average molecular weight is 473 g/mol. The molecular formula is C10F17NO. The Balaban J connectivity index is 7.70. The van der Waals surface area contributed by atoms with Crippen LogP contribution in [0.4, 0.5) is 74.6 Å². The Labute approximate surface area is 145 Å². The van der Waals surface area contributed by atoms with Crippen molar-refractivity contribution in [2.45, 2.75) is 30.0 Å². The first-order valence-corrected chi connectivity index (χ1v) is 5.84. The highest BCUT2D eigenvalue weighted by molar-refractivity contribution is 5.78. The first kappa shape index (κ1) is 26.9. The van der Waals surface area contributed by atoms with Crippen molar-refractivity contribution in [3.63, 3.8) is 0 Å². The molecule has 29 heavy (non-hydrogen) atoms. The van der Waals surface area contributed by atoms with Crippen molar-refractivity contribution in [2.75, 3.05) is 0 Å². The average Bonchev–Trinajstić information content (AvgIpc) is 2.50. The fourth-order valence-corrected chi connectivity index (χ4v) is 1.56. The molecule has 1 atom stereocenters. The van der Waals surface area contributed by atoms with Crippen molar-refractivity contribution in [2.24, 2.45) is 0 Å². The van der Waals surface area contributed by atoms with Gasteiger partial charge in [0.05, 0.1) is 0 Å². The number of rotatable bonds is 7. The van der Waals surface area contributed by atoms with Gasteiger partial charge in [-0.15, -0.1) is 4.90 Å². The van der Waals surface area contributed by atoms with Crippen LogP contribution in [0.25, 0.3) is 0 Å². The molecule has 0 saturated heterocycles. The number of carbonyl (C=O) groups is 1. The zero-order valence-electron chi connectivity index (χ0n) is 12.3. The van der Waals surface area contributed by atoms with Crippen molar-refractivity contribution in [3.8, 4) is 0 Å². The molecule has 0 spiro atoms. The van der Waals surface area contributed by atoms with Crippen LogP contribution in [0.2, 0.25) is 0 Å². The largest absolute Gasteiger partial charge is 0.443 e. The second-order valence-corrected chi connectivity index (χ2v) is 4.53. The third kappa shape index (κ3) is 4.13. The van der Waals surface area contributed by atoms with E-state index in [1.807, 2.05) is 0 Å². The van der Waals surface area contributed by atoms with E-state index in [0.29, 0.717) is 0 Å². The molecule has 0 radical (unpaired) electrons. The molecular weight excluding hydrogens is 473 g/mol. The Morgan fingerprint density at radius 1 is 0.552 bits per heavy atom. The van der Waals surface area contributed by atoms with Crippen LogP contribution in [-0.4, -0.2) is 40.9 Å². The van der Waals surface area contributed by atoms with Crippen molar-refractivity contribution < 1.29 is 79.4 Å². The Hall–Kier alpha value is -2.08. The van der Waals surface area contributed by atoms with Crippen molar-refractivity contribution in [1.29, 1.82) is 0 Å². The number of halogens is 17. The van der Waals surface area contributed by atoms with E-state index < -0.39 is 64.7 Å². The second-order valence-electron chi connectivity index (χ2n) is 4.53. The van der Waals surface area contributed by atoms with E-state index >= 15 is 0 Å². The maximum atomic E-state index is 14.0. The molecule has 0 aromatic carbocycles. The molecule has 19 heteroatoms. The van der Waals surface area contributed by atoms with Gasteiger partial charge in [-0.2, -0.15) is 70.2 Å². The SMILES string of the molecule is O=C(F)C(F)(F)C(F)(N(C(F)(F)C(F)=C(F)F)C(F)(F)C(F)=C(F)F)C(F)(F)F. The summed E-state index contributed by atoms with van der Waals surface area (Å²) in [7, 11) is 0. The molecule has 0 amide bonds. The van der Waals surface area contributed by atoms with Gasteiger partial charge >= 0.3 is 48.2 Å². The van der Waals surface area contributed by atoms with Crippen molar-refractivity contribution >= 4 is 6.04 Å². The quantitative estimate of drug-likeness (QED) is 0.258. The van der Waals surface area contributed by atoms with Gasteiger partial charge in [0.1, 0.15) is 0 Å². The summed E-state index contributed by atoms with van der Waals surface area (Å²) in [5, 5.41) is 0. The van der Waals surface area contributed by atoms with Crippen LogP contribution in [0.15, 0.2) is 23.8 Å². The van der Waals surface area contributed by atoms with E-state index in [1.165, 1.54) is 0 Å². The van der Waals surface area contributed by atoms with Gasteiger partial charge in [-0.1, -0.05) is 0 Å². The van der Waals surface area contributed by atoms with Gasteiger partial charge in [-0.3, -0.25) is 4.79 Å². The summed E-state index contributed by atoms with van der Waals surface area (Å²) < 4.78 is 218. The smallest absolute Gasteiger partial charge is 0.254 e. The monoisotopic (exact) mass is 473 g/mol. The fourth-order valence-electron chi connectivity index (χ4n) is 1.56. The molecule has 0 aliphatic carbocycles. The Morgan fingerprint density at radius 3 is 1.00 bits per heavy atom. The molecule has 0 N–H and O–H groups in total. The lowest BCUT2D eigenvalue weighted by Crippen LogP contribution is -2.75. The minimum atomic E-state index is -8.27. The van der Waals surface area contributed by atoms with E-state index in [4.69, 9.17) is 0 Å². The predicted molar refractivity (Wildman–Crippen MR) is 53.4 cm³/mol. The van der Waals surface area contributed by atoms with Gasteiger partial charge in [0.25, 0.3) is 11.7 Å². The van der Waals surface area contributed by atoms with Gasteiger partial charge in [0.15, 0.2) is 0 Å². The predicted octanol–water partition coefficient (Wildman–Crippen LogP) is 5.99. The molecule has 0 aromatic rings. The number of alkyl halides is 10. The lowest BCUT2D eigenvalue weighted by atomic mass is 10.0. The fraction of sp³-hybridized carbons (Fsp3) is 0.500. The zero-order chi connectivity index (χ0) is 24.0. The Bertz CT molecular complexity index is 676. The van der Waals surface area contributed by atoms with Gasteiger partial charge in [-0.25, -0.2) is 4.39 Å². The molecule has 0 aliphatic rings. The zero-order valence-corrected chi connectivity index (χ0v) is 12.3. The number of nitrogens with zero attached hydrogens (tertiary/aromatic N) is 1. The van der Waals surface area contributed by atoms with E-state index in [1.54, 1.807) is 0 Å². The highest BCUT2D eigenvalue weighted by Gasteiger charge is 2.86. The molecule has 0 bridgehead atoms. The number of carbonyl (C=O) groups excluding carboxylic acids is 1. The van der Waals surface area contributed by atoms with Crippen molar-refractivity contribution in [1.82, 2.24) is 4.90 Å². The molecule has 0 rings (SSSR count). The summed E-state index contributed by atoms with van der Waals surface area (Å²) >= 11 is 0. The maximum Gasteiger partial charge on any atom is 0.443 e. The standard InChI is InChI=1S/C10F17NO/c11-1(3(13)14)7(20,21)28(8(22,23)2(12)4(15)16)9(24,10(25,26)27)6(18,19)5(17)29. The first-order chi connectivity index (χ1) is 12.5. The molecule has 170 valence electrons.